The molecule has 5 nitrogen and oxygen atoms in total. The lowest BCUT2D eigenvalue weighted by Gasteiger charge is -2.23. The van der Waals surface area contributed by atoms with E-state index >= 15 is 0 Å². The van der Waals surface area contributed by atoms with E-state index in [4.69, 9.17) is 4.74 Å². The van der Waals surface area contributed by atoms with Gasteiger partial charge in [-0.1, -0.05) is 18.2 Å². The summed E-state index contributed by atoms with van der Waals surface area (Å²) in [5.74, 6) is 0.0314. The van der Waals surface area contributed by atoms with Crippen LogP contribution in [0.25, 0.3) is 0 Å². The molecule has 0 saturated carbocycles. The molecule has 0 radical (unpaired) electrons. The fourth-order valence-corrected chi connectivity index (χ4v) is 3.55. The number of amides is 2. The lowest BCUT2D eigenvalue weighted by molar-refractivity contribution is -0.133. The molecule has 6 heteroatoms. The summed E-state index contributed by atoms with van der Waals surface area (Å²) >= 11 is 0. The molecule has 1 fully saturated rings. The SMILES string of the molecule is Cc1ccc(C)c(OCC(=O)N2CCCN(C(=O)c3cccc(F)c3)CC2)c1C. The van der Waals surface area contributed by atoms with Gasteiger partial charge in [-0.15, -0.1) is 0 Å². The van der Waals surface area contributed by atoms with E-state index in [9.17, 15) is 14.0 Å². The zero-order valence-corrected chi connectivity index (χ0v) is 17.2. The number of rotatable bonds is 4. The van der Waals surface area contributed by atoms with Gasteiger partial charge in [-0.3, -0.25) is 9.59 Å². The Labute approximate surface area is 171 Å². The average Bonchev–Trinajstić information content (AvgIpc) is 2.96. The Balaban J connectivity index is 1.58. The Morgan fingerprint density at radius 2 is 1.66 bits per heavy atom. The van der Waals surface area contributed by atoms with E-state index in [-0.39, 0.29) is 18.4 Å². The van der Waals surface area contributed by atoms with E-state index in [0.717, 1.165) is 22.4 Å². The average molecular weight is 398 g/mol. The minimum Gasteiger partial charge on any atom is -0.483 e. The van der Waals surface area contributed by atoms with Crippen molar-refractivity contribution in [2.75, 3.05) is 32.8 Å². The van der Waals surface area contributed by atoms with Crippen molar-refractivity contribution in [2.24, 2.45) is 0 Å². The molecular weight excluding hydrogens is 371 g/mol. The first kappa shape index (κ1) is 20.8. The number of nitrogens with zero attached hydrogens (tertiary/aromatic N) is 2. The standard InChI is InChI=1S/C23H27FN2O3/c1-16-8-9-17(2)22(18(16)3)29-15-21(27)25-10-5-11-26(13-12-25)23(28)19-6-4-7-20(24)14-19/h4,6-9,14H,5,10-13,15H2,1-3H3. The normalized spacial score (nSPS) is 14.5. The highest BCUT2D eigenvalue weighted by Crippen LogP contribution is 2.25. The smallest absolute Gasteiger partial charge is 0.260 e. The third-order valence-corrected chi connectivity index (χ3v) is 5.42. The van der Waals surface area contributed by atoms with Gasteiger partial charge in [0.15, 0.2) is 6.61 Å². The van der Waals surface area contributed by atoms with E-state index in [1.807, 2.05) is 32.9 Å². The third-order valence-electron chi connectivity index (χ3n) is 5.42. The summed E-state index contributed by atoms with van der Waals surface area (Å²) in [4.78, 5) is 28.7. The molecule has 0 unspecified atom stereocenters. The maximum atomic E-state index is 13.4. The van der Waals surface area contributed by atoms with Crippen molar-refractivity contribution < 1.29 is 18.7 Å². The predicted octanol–water partition coefficient (Wildman–Crippen LogP) is 3.50. The number of halogens is 1. The molecule has 2 aromatic rings. The van der Waals surface area contributed by atoms with Crippen molar-refractivity contribution in [3.63, 3.8) is 0 Å². The lowest BCUT2D eigenvalue weighted by atomic mass is 10.1. The second-order valence-corrected chi connectivity index (χ2v) is 7.48. The Morgan fingerprint density at radius 1 is 0.966 bits per heavy atom. The minimum atomic E-state index is -0.429. The molecule has 154 valence electrons. The molecule has 0 aliphatic carbocycles. The Morgan fingerprint density at radius 3 is 2.41 bits per heavy atom. The first-order valence-electron chi connectivity index (χ1n) is 9.89. The summed E-state index contributed by atoms with van der Waals surface area (Å²) in [5, 5.41) is 0. The summed E-state index contributed by atoms with van der Waals surface area (Å²) in [6.07, 6.45) is 0.676. The van der Waals surface area contributed by atoms with Gasteiger partial charge in [0.05, 0.1) is 0 Å². The van der Waals surface area contributed by atoms with Gasteiger partial charge < -0.3 is 14.5 Å². The fourth-order valence-electron chi connectivity index (χ4n) is 3.55. The van der Waals surface area contributed by atoms with Crippen LogP contribution >= 0.6 is 0 Å². The molecular formula is C23H27FN2O3. The number of hydrogen-bond acceptors (Lipinski definition) is 3. The molecule has 29 heavy (non-hydrogen) atoms. The maximum absolute atomic E-state index is 13.4. The van der Waals surface area contributed by atoms with E-state index in [2.05, 4.69) is 0 Å². The van der Waals surface area contributed by atoms with Gasteiger partial charge in [0.2, 0.25) is 0 Å². The summed E-state index contributed by atoms with van der Waals surface area (Å²) < 4.78 is 19.3. The minimum absolute atomic E-state index is 0.0248. The van der Waals surface area contributed by atoms with Gasteiger partial charge in [0.25, 0.3) is 11.8 Å². The molecule has 0 spiro atoms. The van der Waals surface area contributed by atoms with Crippen molar-refractivity contribution >= 4 is 11.8 Å². The first-order chi connectivity index (χ1) is 13.9. The molecule has 0 aromatic heterocycles. The predicted molar refractivity (Wildman–Crippen MR) is 110 cm³/mol. The van der Waals surface area contributed by atoms with E-state index in [1.54, 1.807) is 15.9 Å². The highest BCUT2D eigenvalue weighted by Gasteiger charge is 2.23. The van der Waals surface area contributed by atoms with E-state index in [1.165, 1.54) is 18.2 Å². The first-order valence-corrected chi connectivity index (χ1v) is 9.89. The zero-order valence-electron chi connectivity index (χ0n) is 17.2. The topological polar surface area (TPSA) is 49.9 Å². The Kier molecular flexibility index (Phi) is 6.52. The molecule has 0 atom stereocenters. The van der Waals surface area contributed by atoms with Gasteiger partial charge in [-0.25, -0.2) is 4.39 Å². The van der Waals surface area contributed by atoms with Crippen molar-refractivity contribution in [1.82, 2.24) is 9.80 Å². The monoisotopic (exact) mass is 398 g/mol. The van der Waals surface area contributed by atoms with Gasteiger partial charge >= 0.3 is 0 Å². The largest absolute Gasteiger partial charge is 0.483 e. The van der Waals surface area contributed by atoms with Crippen LogP contribution in [0.1, 0.15) is 33.5 Å². The highest BCUT2D eigenvalue weighted by atomic mass is 19.1. The van der Waals surface area contributed by atoms with Crippen LogP contribution in [-0.4, -0.2) is 54.4 Å². The number of ether oxygens (including phenoxy) is 1. The van der Waals surface area contributed by atoms with Gasteiger partial charge in [-0.05, 0) is 62.1 Å². The molecule has 2 amide bonds. The van der Waals surface area contributed by atoms with Gasteiger partial charge in [0, 0.05) is 31.7 Å². The van der Waals surface area contributed by atoms with Crippen molar-refractivity contribution in [3.05, 3.63) is 64.5 Å². The molecule has 1 aliphatic heterocycles. The van der Waals surface area contributed by atoms with Crippen LogP contribution in [0.2, 0.25) is 0 Å². The molecule has 1 aliphatic rings. The Bertz CT molecular complexity index is 913. The Hall–Kier alpha value is -2.89. The van der Waals surface area contributed by atoms with Gasteiger partial charge in [-0.2, -0.15) is 0 Å². The fraction of sp³-hybridized carbons (Fsp3) is 0.391. The zero-order chi connectivity index (χ0) is 21.0. The van der Waals surface area contributed by atoms with Crippen molar-refractivity contribution in [1.29, 1.82) is 0 Å². The van der Waals surface area contributed by atoms with E-state index in [0.29, 0.717) is 38.2 Å². The number of carbonyl (C=O) groups is 2. The van der Waals surface area contributed by atoms with Crippen LogP contribution < -0.4 is 4.74 Å². The second kappa shape index (κ2) is 9.07. The van der Waals surface area contributed by atoms with Crippen LogP contribution in [0.3, 0.4) is 0 Å². The van der Waals surface area contributed by atoms with Crippen LogP contribution in [-0.2, 0) is 4.79 Å². The van der Waals surface area contributed by atoms with Crippen LogP contribution in [0.5, 0.6) is 5.75 Å². The highest BCUT2D eigenvalue weighted by molar-refractivity contribution is 5.94. The molecule has 1 saturated heterocycles. The number of carbonyl (C=O) groups excluding carboxylic acids is 2. The summed E-state index contributed by atoms with van der Waals surface area (Å²) in [7, 11) is 0. The summed E-state index contributed by atoms with van der Waals surface area (Å²) in [6, 6.07) is 9.73. The second-order valence-electron chi connectivity index (χ2n) is 7.48. The van der Waals surface area contributed by atoms with Crippen LogP contribution in [0.4, 0.5) is 4.39 Å². The number of benzene rings is 2. The molecule has 0 bridgehead atoms. The van der Waals surface area contributed by atoms with Crippen LogP contribution in [0, 0.1) is 26.6 Å². The summed E-state index contributed by atoms with van der Waals surface area (Å²) in [6.45, 7) is 7.92. The lowest BCUT2D eigenvalue weighted by Crippen LogP contribution is -2.39. The number of hydrogen-bond donors (Lipinski definition) is 0. The number of aryl methyl sites for hydroxylation is 2. The molecule has 3 rings (SSSR count). The van der Waals surface area contributed by atoms with E-state index < -0.39 is 5.82 Å². The third kappa shape index (κ3) is 4.94. The van der Waals surface area contributed by atoms with Crippen molar-refractivity contribution in [3.8, 4) is 5.75 Å². The van der Waals surface area contributed by atoms with Crippen molar-refractivity contribution in [2.45, 2.75) is 27.2 Å². The van der Waals surface area contributed by atoms with Crippen LogP contribution in [0.15, 0.2) is 36.4 Å². The summed E-state index contributed by atoms with van der Waals surface area (Å²) in [5.41, 5.74) is 3.50. The maximum Gasteiger partial charge on any atom is 0.260 e. The van der Waals surface area contributed by atoms with Gasteiger partial charge in [0.1, 0.15) is 11.6 Å². The molecule has 2 aromatic carbocycles. The quantitative estimate of drug-likeness (QED) is 0.792. The molecule has 0 N–H and O–H groups in total. The molecule has 1 heterocycles.